The van der Waals surface area contributed by atoms with Crippen molar-refractivity contribution in [3.8, 4) is 11.5 Å². The fraction of sp³-hybridized carbons (Fsp3) is 0.250. The van der Waals surface area contributed by atoms with E-state index in [-0.39, 0.29) is 0 Å². The Hall–Kier alpha value is -2.53. The van der Waals surface area contributed by atoms with Crippen molar-refractivity contribution in [3.05, 3.63) is 48.5 Å². The molecule has 2 aromatic rings. The third-order valence-electron chi connectivity index (χ3n) is 2.31. The lowest BCUT2D eigenvalue weighted by molar-refractivity contribution is 0.277. The molecule has 2 aromatic carbocycles. The summed E-state index contributed by atoms with van der Waals surface area (Å²) in [6.45, 7) is 0. The van der Waals surface area contributed by atoms with Crippen LogP contribution in [0.4, 0.5) is 11.4 Å². The molecule has 0 saturated carbocycles. The molecule has 0 aliphatic carbocycles. The van der Waals surface area contributed by atoms with Gasteiger partial charge >= 0.3 is 10.4 Å². The molecule has 0 atom stereocenters. The van der Waals surface area contributed by atoms with Crippen molar-refractivity contribution >= 4 is 21.8 Å². The molecule has 10 heteroatoms. The Bertz CT molecular complexity index is 621. The maximum atomic E-state index is 8.82. The zero-order valence-corrected chi connectivity index (χ0v) is 15.9. The second-order valence-corrected chi connectivity index (χ2v) is 5.35. The van der Waals surface area contributed by atoms with Gasteiger partial charge in [-0.25, -0.2) is 0 Å². The molecular weight excluding hydrogens is 364 g/mol. The number of ether oxygens (including phenoxy) is 1. The van der Waals surface area contributed by atoms with Gasteiger partial charge in [-0.2, -0.15) is 8.42 Å². The minimum absolute atomic E-state index is 0.300. The van der Waals surface area contributed by atoms with Crippen molar-refractivity contribution in [1.29, 1.82) is 0 Å². The van der Waals surface area contributed by atoms with Gasteiger partial charge in [0.1, 0.15) is 11.5 Å². The summed E-state index contributed by atoms with van der Waals surface area (Å²) in [7, 11) is 2.26. The molecule has 148 valence electrons. The van der Waals surface area contributed by atoms with E-state index in [1.165, 1.54) is 0 Å². The van der Waals surface area contributed by atoms with Gasteiger partial charge in [-0.3, -0.25) is 9.11 Å². The van der Waals surface area contributed by atoms with Crippen LogP contribution in [0.15, 0.2) is 48.5 Å². The summed E-state index contributed by atoms with van der Waals surface area (Å²) in [5, 5.41) is 23.5. The fourth-order valence-corrected chi connectivity index (χ4v) is 1.26. The van der Waals surface area contributed by atoms with Crippen LogP contribution < -0.4 is 10.6 Å². The highest BCUT2D eigenvalue weighted by Crippen LogP contribution is 2.12. The zero-order chi connectivity index (χ0) is 20.6. The van der Waals surface area contributed by atoms with E-state index in [2.05, 4.69) is 15.4 Å². The Morgan fingerprint density at radius 1 is 0.731 bits per heavy atom. The second-order valence-electron chi connectivity index (χ2n) is 4.45. The summed E-state index contributed by atoms with van der Waals surface area (Å²) < 4.78 is 35.8. The Morgan fingerprint density at radius 3 is 1.08 bits per heavy atom. The Balaban J connectivity index is 0. The van der Waals surface area contributed by atoms with Crippen LogP contribution in [0.1, 0.15) is 0 Å². The summed E-state index contributed by atoms with van der Waals surface area (Å²) >= 11 is 0. The lowest BCUT2D eigenvalue weighted by Crippen LogP contribution is -1.89. The molecule has 0 aromatic heterocycles. The van der Waals surface area contributed by atoms with Gasteiger partial charge in [-0.15, -0.1) is 0 Å². The Morgan fingerprint density at radius 2 is 0.923 bits per heavy atom. The highest BCUT2D eigenvalue weighted by atomic mass is 32.3. The van der Waals surface area contributed by atoms with Crippen molar-refractivity contribution in [2.75, 3.05) is 38.9 Å². The first-order chi connectivity index (χ1) is 12.1. The van der Waals surface area contributed by atoms with Gasteiger partial charge < -0.3 is 25.6 Å². The minimum Gasteiger partial charge on any atom is -0.508 e. The van der Waals surface area contributed by atoms with Gasteiger partial charge in [0, 0.05) is 39.7 Å². The van der Waals surface area contributed by atoms with Crippen LogP contribution in [0.5, 0.6) is 11.5 Å². The van der Waals surface area contributed by atoms with Crippen LogP contribution in [-0.4, -0.2) is 56.1 Å². The van der Waals surface area contributed by atoms with Crippen molar-refractivity contribution in [3.63, 3.8) is 0 Å². The molecule has 0 unspecified atom stereocenters. The van der Waals surface area contributed by atoms with E-state index in [9.17, 15) is 0 Å². The summed E-state index contributed by atoms with van der Waals surface area (Å²) in [5.74, 6) is 0.600. The van der Waals surface area contributed by atoms with E-state index in [4.69, 9.17) is 27.7 Å². The highest BCUT2D eigenvalue weighted by Gasteiger charge is 1.86. The predicted octanol–water partition coefficient (Wildman–Crippen LogP) is 2.48. The molecule has 0 heterocycles. The van der Waals surface area contributed by atoms with Crippen LogP contribution in [-0.2, 0) is 15.1 Å². The van der Waals surface area contributed by atoms with Gasteiger partial charge in [0.2, 0.25) is 0 Å². The number of methoxy groups -OCH3 is 1. The monoisotopic (exact) mass is 390 g/mol. The van der Waals surface area contributed by atoms with E-state index < -0.39 is 10.4 Å². The molecule has 9 nitrogen and oxygen atoms in total. The normalized spacial score (nSPS) is 9.15. The number of phenols is 2. The number of aromatic hydroxyl groups is 2. The Kier molecular flexibility index (Phi) is 14.6. The molecule has 0 amide bonds. The predicted molar refractivity (Wildman–Crippen MR) is 102 cm³/mol. The summed E-state index contributed by atoms with van der Waals surface area (Å²) in [6, 6.07) is 13.8. The maximum absolute atomic E-state index is 8.82. The molecule has 0 bridgehead atoms. The molecule has 0 saturated heterocycles. The lowest BCUT2D eigenvalue weighted by Gasteiger charge is -1.96. The van der Waals surface area contributed by atoms with E-state index >= 15 is 0 Å². The second kappa shape index (κ2) is 14.8. The molecule has 0 spiro atoms. The number of nitrogens with one attached hydrogen (secondary N) is 2. The molecule has 0 aliphatic rings. The summed E-state index contributed by atoms with van der Waals surface area (Å²) in [6.07, 6.45) is 0. The van der Waals surface area contributed by atoms with Crippen LogP contribution in [0.2, 0.25) is 0 Å². The first-order valence-electron chi connectivity index (χ1n) is 7.10. The van der Waals surface area contributed by atoms with Crippen LogP contribution in [0.3, 0.4) is 0 Å². The quantitative estimate of drug-likeness (QED) is 0.336. The third-order valence-corrected chi connectivity index (χ3v) is 2.31. The molecule has 0 radical (unpaired) electrons. The zero-order valence-electron chi connectivity index (χ0n) is 15.0. The van der Waals surface area contributed by atoms with Crippen molar-refractivity contribution in [2.45, 2.75) is 0 Å². The van der Waals surface area contributed by atoms with Crippen LogP contribution in [0, 0.1) is 0 Å². The fourth-order valence-electron chi connectivity index (χ4n) is 1.26. The van der Waals surface area contributed by atoms with Crippen molar-refractivity contribution in [1.82, 2.24) is 0 Å². The Labute approximate surface area is 153 Å². The number of hydrogen-bond acceptors (Lipinski definition) is 7. The van der Waals surface area contributed by atoms with Crippen molar-refractivity contribution < 1.29 is 32.5 Å². The average Bonchev–Trinajstić information content (AvgIpc) is 2.56. The number of phenolic OH excluding ortho intramolecular Hbond substituents is 2. The average molecular weight is 390 g/mol. The highest BCUT2D eigenvalue weighted by molar-refractivity contribution is 7.79. The molecule has 0 fully saturated rings. The molecule has 6 N–H and O–H groups in total. The number of hydrogen-bond donors (Lipinski definition) is 6. The van der Waals surface area contributed by atoms with Gasteiger partial charge in [0.25, 0.3) is 0 Å². The molecule has 26 heavy (non-hydrogen) atoms. The first kappa shape index (κ1) is 25.7. The lowest BCUT2D eigenvalue weighted by atomic mass is 10.3. The maximum Gasteiger partial charge on any atom is 0.394 e. The number of anilines is 2. The smallest absolute Gasteiger partial charge is 0.394 e. The van der Waals surface area contributed by atoms with Gasteiger partial charge in [-0.05, 0) is 48.5 Å². The standard InChI is InChI=1S/2C7H9NO.C2H6O.H2O4S/c2*1-8-6-2-4-7(9)5-3-6;1-3-2;1-5(2,3)4/h2*2-5,8-9H,1H3;1-2H3;(H2,1,2,3,4). The first-order valence-corrected chi connectivity index (χ1v) is 8.50. The van der Waals surface area contributed by atoms with E-state index in [1.54, 1.807) is 38.5 Å². The van der Waals surface area contributed by atoms with Crippen LogP contribution in [0.25, 0.3) is 0 Å². The minimum atomic E-state index is -4.67. The van der Waals surface area contributed by atoms with E-state index in [0.717, 1.165) is 11.4 Å². The summed E-state index contributed by atoms with van der Waals surface area (Å²) in [4.78, 5) is 0. The SMILES string of the molecule is CNc1ccc(O)cc1.CNc1ccc(O)cc1.COC.O=S(=O)(O)O. The number of benzene rings is 2. The van der Waals surface area contributed by atoms with Crippen LogP contribution >= 0.6 is 0 Å². The van der Waals surface area contributed by atoms with Crippen molar-refractivity contribution in [2.24, 2.45) is 0 Å². The number of rotatable bonds is 2. The summed E-state index contributed by atoms with van der Waals surface area (Å²) in [5.41, 5.74) is 2.01. The largest absolute Gasteiger partial charge is 0.508 e. The van der Waals surface area contributed by atoms with E-state index in [1.807, 2.05) is 38.4 Å². The van der Waals surface area contributed by atoms with Gasteiger partial charge in [-0.1, -0.05) is 0 Å². The topological polar surface area (TPSA) is 148 Å². The van der Waals surface area contributed by atoms with E-state index in [0.29, 0.717) is 11.5 Å². The molecule has 0 aliphatic heterocycles. The van der Waals surface area contributed by atoms with Gasteiger partial charge in [0.15, 0.2) is 0 Å². The third kappa shape index (κ3) is 19.5. The van der Waals surface area contributed by atoms with Gasteiger partial charge in [0.05, 0.1) is 0 Å². The molecule has 2 rings (SSSR count). The molecular formula is C16H26N2O7S.